The average molecular weight is 480 g/mol. The fraction of sp³-hybridized carbons (Fsp3) is 0.190. The molecule has 1 saturated heterocycles. The molecule has 1 fully saturated rings. The lowest BCUT2D eigenvalue weighted by Crippen LogP contribution is -2.33. The van der Waals surface area contributed by atoms with Gasteiger partial charge < -0.3 is 4.90 Å². The maximum absolute atomic E-state index is 13.1. The first-order valence-electron chi connectivity index (χ1n) is 9.40. The van der Waals surface area contributed by atoms with Gasteiger partial charge >= 0.3 is 11.5 Å². The highest BCUT2D eigenvalue weighted by atomic mass is 32.2. The number of aromatic nitrogens is 1. The van der Waals surface area contributed by atoms with Gasteiger partial charge in [0, 0.05) is 18.1 Å². The lowest BCUT2D eigenvalue weighted by molar-refractivity contribution is -0.0436. The van der Waals surface area contributed by atoms with Crippen LogP contribution >= 0.6 is 12.2 Å². The van der Waals surface area contributed by atoms with Gasteiger partial charge in [0.25, 0.3) is 9.84 Å². The van der Waals surface area contributed by atoms with Gasteiger partial charge in [-0.05, 0) is 48.9 Å². The van der Waals surface area contributed by atoms with Gasteiger partial charge in [-0.3, -0.25) is 9.88 Å². The number of fused-ring (bicyclic) bond motifs is 1. The van der Waals surface area contributed by atoms with Crippen molar-refractivity contribution in [1.82, 2.24) is 9.88 Å². The van der Waals surface area contributed by atoms with Crippen LogP contribution in [-0.4, -0.2) is 40.9 Å². The van der Waals surface area contributed by atoms with Crippen LogP contribution in [0.25, 0.3) is 10.9 Å². The minimum atomic E-state index is -5.48. The molecule has 1 aromatic heterocycles. The molecular formula is C21H16F3N3O3S2. The molecule has 32 heavy (non-hydrogen) atoms. The molecule has 3 aromatic rings. The number of urea groups is 1. The molecular weight excluding hydrogens is 463 g/mol. The van der Waals surface area contributed by atoms with E-state index in [1.54, 1.807) is 13.1 Å². The predicted octanol–water partition coefficient (Wildman–Crippen LogP) is 4.69. The molecule has 0 N–H and O–H groups in total. The fourth-order valence-corrected chi connectivity index (χ4v) is 4.53. The summed E-state index contributed by atoms with van der Waals surface area (Å²) in [7, 11) is -5.48. The summed E-state index contributed by atoms with van der Waals surface area (Å²) in [6.45, 7) is 1.98. The summed E-state index contributed by atoms with van der Waals surface area (Å²) in [5.41, 5.74) is -3.61. The van der Waals surface area contributed by atoms with Gasteiger partial charge in [0.1, 0.15) is 4.99 Å². The average Bonchev–Trinajstić information content (AvgIpc) is 2.96. The summed E-state index contributed by atoms with van der Waals surface area (Å²) >= 11 is 5.41. The van der Waals surface area contributed by atoms with Gasteiger partial charge in [0.15, 0.2) is 0 Å². The van der Waals surface area contributed by atoms with Crippen LogP contribution in [0.15, 0.2) is 65.7 Å². The Morgan fingerprint density at radius 3 is 2.41 bits per heavy atom. The van der Waals surface area contributed by atoms with Gasteiger partial charge in [-0.15, -0.1) is 0 Å². The minimum absolute atomic E-state index is 0.187. The highest BCUT2D eigenvalue weighted by Crippen LogP contribution is 2.33. The molecule has 11 heteroatoms. The third-order valence-electron chi connectivity index (χ3n) is 5.19. The Morgan fingerprint density at radius 2 is 1.75 bits per heavy atom. The molecule has 1 aliphatic rings. The highest BCUT2D eigenvalue weighted by Gasteiger charge is 2.47. The molecule has 0 aliphatic carbocycles. The molecule has 1 atom stereocenters. The Kier molecular flexibility index (Phi) is 5.41. The van der Waals surface area contributed by atoms with E-state index in [1.165, 1.54) is 9.80 Å². The van der Waals surface area contributed by atoms with E-state index in [-0.39, 0.29) is 17.2 Å². The molecule has 0 saturated carbocycles. The molecule has 166 valence electrons. The van der Waals surface area contributed by atoms with Crippen LogP contribution in [0.3, 0.4) is 0 Å². The zero-order chi connectivity index (χ0) is 23.3. The van der Waals surface area contributed by atoms with Crippen LogP contribution < -0.4 is 4.90 Å². The van der Waals surface area contributed by atoms with Crippen LogP contribution in [0.1, 0.15) is 12.5 Å². The second-order valence-electron chi connectivity index (χ2n) is 7.24. The number of carbonyl (C=O) groups is 1. The van der Waals surface area contributed by atoms with Crippen molar-refractivity contribution in [3.8, 4) is 0 Å². The maximum Gasteiger partial charge on any atom is 0.501 e. The SMILES string of the molecule is CC1C(=S)N(c2ccc(S(=O)(=O)C(F)(F)F)cc2)C(=O)N1Cc1cnc2ccccc2c1. The van der Waals surface area contributed by atoms with Crippen molar-refractivity contribution in [3.63, 3.8) is 0 Å². The Labute approximate surface area is 187 Å². The van der Waals surface area contributed by atoms with Gasteiger partial charge in [-0.25, -0.2) is 13.2 Å². The molecule has 2 aromatic carbocycles. The van der Waals surface area contributed by atoms with Crippen LogP contribution in [0, 0.1) is 0 Å². The summed E-state index contributed by atoms with van der Waals surface area (Å²) in [4.78, 5) is 19.5. The first kappa shape index (κ1) is 22.2. The summed E-state index contributed by atoms with van der Waals surface area (Å²) in [6.07, 6.45) is 1.67. The van der Waals surface area contributed by atoms with Crippen LogP contribution in [0.2, 0.25) is 0 Å². The molecule has 4 rings (SSSR count). The summed E-state index contributed by atoms with van der Waals surface area (Å²) in [5.74, 6) is 0. The third-order valence-corrected chi connectivity index (χ3v) is 7.22. The molecule has 1 aliphatic heterocycles. The Bertz CT molecular complexity index is 1330. The fourth-order valence-electron chi connectivity index (χ4n) is 3.46. The summed E-state index contributed by atoms with van der Waals surface area (Å²) in [6, 6.07) is 12.5. The van der Waals surface area contributed by atoms with Crippen molar-refractivity contribution in [3.05, 3.63) is 66.4 Å². The van der Waals surface area contributed by atoms with Crippen LogP contribution in [0.4, 0.5) is 23.7 Å². The van der Waals surface area contributed by atoms with Crippen molar-refractivity contribution >= 4 is 49.7 Å². The van der Waals surface area contributed by atoms with Crippen LogP contribution in [0.5, 0.6) is 0 Å². The maximum atomic E-state index is 13.1. The zero-order valence-electron chi connectivity index (χ0n) is 16.6. The number of nitrogens with zero attached hydrogens (tertiary/aromatic N) is 3. The normalized spacial score (nSPS) is 17.4. The molecule has 2 heterocycles. The first-order chi connectivity index (χ1) is 15.0. The third kappa shape index (κ3) is 3.71. The first-order valence-corrected chi connectivity index (χ1v) is 11.3. The monoisotopic (exact) mass is 479 g/mol. The zero-order valence-corrected chi connectivity index (χ0v) is 18.2. The van der Waals surface area contributed by atoms with Crippen molar-refractivity contribution in [2.45, 2.75) is 29.9 Å². The number of pyridine rings is 1. The van der Waals surface area contributed by atoms with Crippen LogP contribution in [-0.2, 0) is 16.4 Å². The van der Waals surface area contributed by atoms with E-state index in [4.69, 9.17) is 12.2 Å². The van der Waals surface area contributed by atoms with Gasteiger partial charge in [-0.2, -0.15) is 13.2 Å². The number of amides is 2. The largest absolute Gasteiger partial charge is 0.501 e. The second-order valence-corrected chi connectivity index (χ2v) is 9.60. The topological polar surface area (TPSA) is 70.6 Å². The van der Waals surface area contributed by atoms with Crippen molar-refractivity contribution < 1.29 is 26.4 Å². The number of halogens is 3. The number of rotatable bonds is 4. The molecule has 0 bridgehead atoms. The van der Waals surface area contributed by atoms with E-state index in [2.05, 4.69) is 4.98 Å². The minimum Gasteiger partial charge on any atom is -0.310 e. The number of benzene rings is 2. The van der Waals surface area contributed by atoms with E-state index in [0.29, 0.717) is 0 Å². The number of para-hydroxylation sites is 1. The molecule has 1 unspecified atom stereocenters. The molecule has 0 radical (unpaired) electrons. The Hall–Kier alpha value is -3.05. The standard InChI is InChI=1S/C21H16F3N3O3S2/c1-13-19(31)27(16-6-8-17(9-7-16)32(29,30)21(22,23)24)20(28)26(13)12-14-10-15-4-2-3-5-18(15)25-11-14/h2-11,13H,12H2,1H3. The highest BCUT2D eigenvalue weighted by molar-refractivity contribution is 7.92. The van der Waals surface area contributed by atoms with E-state index >= 15 is 0 Å². The second kappa shape index (κ2) is 7.82. The van der Waals surface area contributed by atoms with E-state index in [0.717, 1.165) is 40.7 Å². The Balaban J connectivity index is 1.60. The molecule has 2 amide bonds. The lowest BCUT2D eigenvalue weighted by Gasteiger charge is -2.20. The van der Waals surface area contributed by atoms with E-state index in [9.17, 15) is 26.4 Å². The quantitative estimate of drug-likeness (QED) is 0.508. The smallest absolute Gasteiger partial charge is 0.310 e. The number of hydrogen-bond acceptors (Lipinski definition) is 5. The summed E-state index contributed by atoms with van der Waals surface area (Å²) in [5, 5.41) is 0.921. The number of hydrogen-bond donors (Lipinski definition) is 0. The number of thiocarbonyl (C=S) groups is 1. The predicted molar refractivity (Wildman–Crippen MR) is 117 cm³/mol. The number of anilines is 1. The summed E-state index contributed by atoms with van der Waals surface area (Å²) < 4.78 is 61.4. The number of sulfone groups is 1. The van der Waals surface area contributed by atoms with Gasteiger partial charge in [0.05, 0.1) is 22.1 Å². The number of carbonyl (C=O) groups excluding carboxylic acids is 1. The van der Waals surface area contributed by atoms with Crippen molar-refractivity contribution in [2.24, 2.45) is 0 Å². The van der Waals surface area contributed by atoms with Gasteiger partial charge in [0.2, 0.25) is 0 Å². The Morgan fingerprint density at radius 1 is 1.09 bits per heavy atom. The van der Waals surface area contributed by atoms with E-state index in [1.807, 2.05) is 30.3 Å². The molecule has 6 nitrogen and oxygen atoms in total. The van der Waals surface area contributed by atoms with Crippen molar-refractivity contribution in [2.75, 3.05) is 4.90 Å². The molecule has 0 spiro atoms. The number of alkyl halides is 3. The van der Waals surface area contributed by atoms with Crippen molar-refractivity contribution in [1.29, 1.82) is 0 Å². The van der Waals surface area contributed by atoms with Gasteiger partial charge in [-0.1, -0.05) is 30.4 Å². The lowest BCUT2D eigenvalue weighted by atomic mass is 10.1. The van der Waals surface area contributed by atoms with E-state index < -0.39 is 32.3 Å².